The lowest BCUT2D eigenvalue weighted by Gasteiger charge is -2.18. The van der Waals surface area contributed by atoms with Gasteiger partial charge in [0, 0.05) is 19.3 Å². The minimum atomic E-state index is -3.58. The van der Waals surface area contributed by atoms with Crippen LogP contribution in [0, 0.1) is 6.92 Å². The maximum atomic E-state index is 12.6. The fourth-order valence-corrected chi connectivity index (χ4v) is 3.46. The second-order valence-electron chi connectivity index (χ2n) is 4.84. The number of pyridine rings is 1. The molecular formula is C15H19N3O2S. The average Bonchev–Trinajstić information content (AvgIpc) is 2.47. The van der Waals surface area contributed by atoms with Gasteiger partial charge >= 0.3 is 0 Å². The highest BCUT2D eigenvalue weighted by molar-refractivity contribution is 7.89. The maximum Gasteiger partial charge on any atom is 0.243 e. The Morgan fingerprint density at radius 2 is 1.86 bits per heavy atom. The van der Waals surface area contributed by atoms with Gasteiger partial charge in [0.25, 0.3) is 0 Å². The van der Waals surface area contributed by atoms with Crippen LogP contribution in [0.3, 0.4) is 0 Å². The molecule has 1 aromatic carbocycles. The van der Waals surface area contributed by atoms with Crippen molar-refractivity contribution >= 4 is 10.0 Å². The Labute approximate surface area is 125 Å². The highest BCUT2D eigenvalue weighted by Gasteiger charge is 2.23. The summed E-state index contributed by atoms with van der Waals surface area (Å²) in [5.41, 5.74) is 7.81. The van der Waals surface area contributed by atoms with E-state index >= 15 is 0 Å². The Bertz CT molecular complexity index is 729. The molecule has 0 radical (unpaired) electrons. The Morgan fingerprint density at radius 1 is 1.14 bits per heavy atom. The summed E-state index contributed by atoms with van der Waals surface area (Å²) >= 11 is 0. The third kappa shape index (κ3) is 3.47. The highest BCUT2D eigenvalue weighted by atomic mass is 32.2. The lowest BCUT2D eigenvalue weighted by molar-refractivity contribution is 0.461. The van der Waals surface area contributed by atoms with Crippen molar-refractivity contribution in [1.82, 2.24) is 9.29 Å². The molecule has 0 aliphatic heterocycles. The number of sulfonamides is 1. The van der Waals surface area contributed by atoms with E-state index in [9.17, 15) is 8.42 Å². The van der Waals surface area contributed by atoms with Gasteiger partial charge in [0.1, 0.15) is 0 Å². The number of rotatable bonds is 5. The zero-order chi connectivity index (χ0) is 15.5. The fourth-order valence-electron chi connectivity index (χ4n) is 2.09. The Hall–Kier alpha value is -1.76. The summed E-state index contributed by atoms with van der Waals surface area (Å²) in [5.74, 6) is 0. The second kappa shape index (κ2) is 6.34. The van der Waals surface area contributed by atoms with Crippen molar-refractivity contribution in [2.24, 2.45) is 5.73 Å². The van der Waals surface area contributed by atoms with Crippen LogP contribution in [0.5, 0.6) is 0 Å². The summed E-state index contributed by atoms with van der Waals surface area (Å²) < 4.78 is 26.6. The molecule has 0 bridgehead atoms. The van der Waals surface area contributed by atoms with E-state index in [1.54, 1.807) is 31.3 Å². The zero-order valence-electron chi connectivity index (χ0n) is 12.2. The van der Waals surface area contributed by atoms with Crippen molar-refractivity contribution in [2.75, 3.05) is 7.05 Å². The highest BCUT2D eigenvalue weighted by Crippen LogP contribution is 2.20. The van der Waals surface area contributed by atoms with Crippen LogP contribution in [0.2, 0.25) is 0 Å². The number of aryl methyl sites for hydroxylation is 1. The summed E-state index contributed by atoms with van der Waals surface area (Å²) in [6.07, 6.45) is 0. The molecule has 1 aromatic heterocycles. The van der Waals surface area contributed by atoms with Gasteiger partial charge in [-0.05, 0) is 30.7 Å². The van der Waals surface area contributed by atoms with Crippen LogP contribution in [0.4, 0.5) is 0 Å². The number of aromatic nitrogens is 1. The molecule has 2 N–H and O–H groups in total. The van der Waals surface area contributed by atoms with Crippen LogP contribution in [0.1, 0.15) is 17.0 Å². The monoisotopic (exact) mass is 305 g/mol. The Morgan fingerprint density at radius 3 is 2.52 bits per heavy atom. The van der Waals surface area contributed by atoms with Gasteiger partial charge in [0.05, 0.1) is 17.1 Å². The van der Waals surface area contributed by atoms with Crippen molar-refractivity contribution in [3.05, 3.63) is 59.4 Å². The summed E-state index contributed by atoms with van der Waals surface area (Å²) in [6, 6.07) is 12.3. The predicted molar refractivity (Wildman–Crippen MR) is 82.0 cm³/mol. The molecule has 0 spiro atoms. The SMILES string of the molecule is Cc1cccc(CN(C)S(=O)(=O)c2ccccc2CN)n1. The lowest BCUT2D eigenvalue weighted by atomic mass is 10.2. The number of benzene rings is 1. The molecule has 6 heteroatoms. The van der Waals surface area contributed by atoms with Crippen LogP contribution in [-0.4, -0.2) is 24.8 Å². The minimum absolute atomic E-state index is 0.186. The number of hydrogen-bond acceptors (Lipinski definition) is 4. The van der Waals surface area contributed by atoms with Gasteiger partial charge in [-0.1, -0.05) is 24.3 Å². The van der Waals surface area contributed by atoms with Gasteiger partial charge < -0.3 is 5.73 Å². The normalized spacial score (nSPS) is 11.8. The molecule has 0 aliphatic carbocycles. The van der Waals surface area contributed by atoms with Crippen LogP contribution < -0.4 is 5.73 Å². The van der Waals surface area contributed by atoms with Gasteiger partial charge in [-0.3, -0.25) is 4.98 Å². The standard InChI is InChI=1S/C15H19N3O2S/c1-12-6-5-8-14(17-12)11-18(2)21(19,20)15-9-4-3-7-13(15)10-16/h3-9H,10-11,16H2,1-2H3. The van der Waals surface area contributed by atoms with Gasteiger partial charge in [-0.2, -0.15) is 4.31 Å². The van der Waals surface area contributed by atoms with E-state index in [2.05, 4.69) is 4.98 Å². The minimum Gasteiger partial charge on any atom is -0.326 e. The average molecular weight is 305 g/mol. The maximum absolute atomic E-state index is 12.6. The number of nitrogens with zero attached hydrogens (tertiary/aromatic N) is 2. The molecule has 0 unspecified atom stereocenters. The van der Waals surface area contributed by atoms with Crippen LogP contribution >= 0.6 is 0 Å². The summed E-state index contributed by atoms with van der Waals surface area (Å²) in [5, 5.41) is 0. The molecule has 5 nitrogen and oxygen atoms in total. The molecule has 0 aliphatic rings. The van der Waals surface area contributed by atoms with Crippen molar-refractivity contribution in [2.45, 2.75) is 24.9 Å². The second-order valence-corrected chi connectivity index (χ2v) is 6.86. The molecule has 2 rings (SSSR count). The van der Waals surface area contributed by atoms with E-state index in [0.29, 0.717) is 11.3 Å². The van der Waals surface area contributed by atoms with Crippen LogP contribution in [0.25, 0.3) is 0 Å². The molecule has 1 heterocycles. The van der Waals surface area contributed by atoms with Crippen LogP contribution in [-0.2, 0) is 23.1 Å². The van der Waals surface area contributed by atoms with Crippen molar-refractivity contribution in [3.63, 3.8) is 0 Å². The van der Waals surface area contributed by atoms with Crippen molar-refractivity contribution in [3.8, 4) is 0 Å². The Kier molecular flexibility index (Phi) is 4.72. The topological polar surface area (TPSA) is 76.3 Å². The summed E-state index contributed by atoms with van der Waals surface area (Å²) in [4.78, 5) is 4.58. The molecule has 0 amide bonds. The first-order valence-electron chi connectivity index (χ1n) is 6.62. The largest absolute Gasteiger partial charge is 0.326 e. The first-order chi connectivity index (χ1) is 9.95. The van der Waals surface area contributed by atoms with E-state index < -0.39 is 10.0 Å². The quantitative estimate of drug-likeness (QED) is 0.911. The number of hydrogen-bond donors (Lipinski definition) is 1. The third-order valence-corrected chi connectivity index (χ3v) is 5.12. The van der Waals surface area contributed by atoms with E-state index in [0.717, 1.165) is 5.69 Å². The first-order valence-corrected chi connectivity index (χ1v) is 8.06. The summed E-state index contributed by atoms with van der Waals surface area (Å²) in [6.45, 7) is 2.29. The van der Waals surface area contributed by atoms with Crippen molar-refractivity contribution in [1.29, 1.82) is 0 Å². The predicted octanol–water partition coefficient (Wildman–Crippen LogP) is 1.67. The molecular weight excluding hydrogens is 286 g/mol. The molecule has 0 atom stereocenters. The molecule has 0 saturated carbocycles. The Balaban J connectivity index is 2.31. The molecule has 2 aromatic rings. The number of nitrogens with two attached hydrogens (primary N) is 1. The van der Waals surface area contributed by atoms with Gasteiger partial charge in [-0.15, -0.1) is 0 Å². The smallest absolute Gasteiger partial charge is 0.243 e. The van der Waals surface area contributed by atoms with E-state index in [1.165, 1.54) is 4.31 Å². The van der Waals surface area contributed by atoms with E-state index in [4.69, 9.17) is 5.73 Å². The fraction of sp³-hybridized carbons (Fsp3) is 0.267. The van der Waals surface area contributed by atoms with Gasteiger partial charge in [0.15, 0.2) is 0 Å². The molecule has 112 valence electrons. The van der Waals surface area contributed by atoms with Gasteiger partial charge in [-0.25, -0.2) is 8.42 Å². The van der Waals surface area contributed by atoms with E-state index in [1.807, 2.05) is 25.1 Å². The molecule has 0 fully saturated rings. The van der Waals surface area contributed by atoms with Crippen LogP contribution in [0.15, 0.2) is 47.4 Å². The first kappa shape index (κ1) is 15.6. The molecule has 0 saturated heterocycles. The molecule has 21 heavy (non-hydrogen) atoms. The third-order valence-electron chi connectivity index (χ3n) is 3.21. The van der Waals surface area contributed by atoms with E-state index in [-0.39, 0.29) is 18.0 Å². The van der Waals surface area contributed by atoms with Crippen molar-refractivity contribution < 1.29 is 8.42 Å². The van der Waals surface area contributed by atoms with Gasteiger partial charge in [0.2, 0.25) is 10.0 Å². The zero-order valence-corrected chi connectivity index (χ0v) is 13.0. The summed E-state index contributed by atoms with van der Waals surface area (Å²) in [7, 11) is -2.03. The lowest BCUT2D eigenvalue weighted by Crippen LogP contribution is -2.28.